The highest BCUT2D eigenvalue weighted by Gasteiger charge is 2.33. The van der Waals surface area contributed by atoms with Gasteiger partial charge in [0.2, 0.25) is 0 Å². The lowest BCUT2D eigenvalue weighted by molar-refractivity contribution is 0.0341. The predicted molar refractivity (Wildman–Crippen MR) is 156 cm³/mol. The van der Waals surface area contributed by atoms with Gasteiger partial charge in [-0.25, -0.2) is 4.79 Å². The maximum Gasteiger partial charge on any atom is 0.319 e. The topological polar surface area (TPSA) is 103 Å². The fraction of sp³-hybridized carbons (Fsp3) is 0.548. The van der Waals surface area contributed by atoms with Crippen LogP contribution in [0.3, 0.4) is 0 Å². The minimum atomic E-state index is -0.357. The maximum atomic E-state index is 13.7. The second-order valence-electron chi connectivity index (χ2n) is 11.3. The van der Waals surface area contributed by atoms with Crippen LogP contribution < -0.4 is 20.1 Å². The minimum Gasteiger partial charge on any atom is -0.497 e. The average molecular weight is 553 g/mol. The molecule has 1 saturated carbocycles. The molecule has 1 aliphatic carbocycles. The fourth-order valence-electron chi connectivity index (χ4n) is 5.53. The number of hydrogen-bond donors (Lipinski definition) is 3. The van der Waals surface area contributed by atoms with Crippen molar-refractivity contribution in [2.24, 2.45) is 5.92 Å². The summed E-state index contributed by atoms with van der Waals surface area (Å²) < 4.78 is 11.8. The van der Waals surface area contributed by atoms with E-state index in [1.807, 2.05) is 19.1 Å². The van der Waals surface area contributed by atoms with Crippen LogP contribution in [0.4, 0.5) is 10.5 Å². The van der Waals surface area contributed by atoms with Crippen LogP contribution in [0, 0.1) is 5.92 Å². The first-order valence-corrected chi connectivity index (χ1v) is 14.4. The maximum absolute atomic E-state index is 13.7. The van der Waals surface area contributed by atoms with Gasteiger partial charge in [0.1, 0.15) is 17.6 Å². The van der Waals surface area contributed by atoms with Gasteiger partial charge in [0, 0.05) is 37.3 Å². The van der Waals surface area contributed by atoms with Crippen LogP contribution in [-0.4, -0.2) is 78.9 Å². The molecule has 2 aliphatic rings. The number of urea groups is 1. The summed E-state index contributed by atoms with van der Waals surface area (Å²) in [5, 5.41) is 15.9. The highest BCUT2D eigenvalue weighted by Crippen LogP contribution is 2.31. The van der Waals surface area contributed by atoms with Gasteiger partial charge in [0.25, 0.3) is 5.91 Å². The lowest BCUT2D eigenvalue weighted by Gasteiger charge is -2.38. The third-order valence-corrected chi connectivity index (χ3v) is 7.97. The monoisotopic (exact) mass is 552 g/mol. The summed E-state index contributed by atoms with van der Waals surface area (Å²) in [7, 11) is 3.71. The molecule has 0 aromatic heterocycles. The zero-order chi connectivity index (χ0) is 28.6. The molecule has 3 atom stereocenters. The Bertz CT molecular complexity index is 1140. The Morgan fingerprint density at radius 2 is 1.90 bits per heavy atom. The zero-order valence-corrected chi connectivity index (χ0v) is 24.2. The Hall–Kier alpha value is -3.30. The second-order valence-corrected chi connectivity index (χ2v) is 11.3. The van der Waals surface area contributed by atoms with E-state index in [1.165, 1.54) is 6.42 Å². The number of benzene rings is 2. The van der Waals surface area contributed by atoms with E-state index in [9.17, 15) is 14.7 Å². The molecule has 1 aliphatic heterocycles. The van der Waals surface area contributed by atoms with Crippen molar-refractivity contribution >= 4 is 17.6 Å². The van der Waals surface area contributed by atoms with E-state index >= 15 is 0 Å². The third-order valence-electron chi connectivity index (χ3n) is 7.97. The molecule has 0 spiro atoms. The molecular formula is C31H44N4O5. The van der Waals surface area contributed by atoms with E-state index in [1.54, 1.807) is 30.2 Å². The predicted octanol–water partition coefficient (Wildman–Crippen LogP) is 4.50. The Morgan fingerprint density at radius 3 is 2.58 bits per heavy atom. The highest BCUT2D eigenvalue weighted by atomic mass is 16.5. The van der Waals surface area contributed by atoms with Crippen LogP contribution in [0.2, 0.25) is 0 Å². The van der Waals surface area contributed by atoms with Crippen molar-refractivity contribution in [1.29, 1.82) is 0 Å². The average Bonchev–Trinajstić information content (AvgIpc) is 2.95. The van der Waals surface area contributed by atoms with Crippen LogP contribution in [-0.2, 0) is 6.54 Å². The molecule has 0 bridgehead atoms. The molecule has 4 rings (SSSR count). The number of amides is 3. The first-order valence-electron chi connectivity index (χ1n) is 14.4. The summed E-state index contributed by atoms with van der Waals surface area (Å²) in [6.07, 6.45) is 5.26. The molecular weight excluding hydrogens is 508 g/mol. The van der Waals surface area contributed by atoms with Gasteiger partial charge < -0.3 is 30.1 Å². The second kappa shape index (κ2) is 13.9. The van der Waals surface area contributed by atoms with Crippen molar-refractivity contribution in [2.75, 3.05) is 39.2 Å². The number of nitrogens with zero attached hydrogens (tertiary/aromatic N) is 2. The number of ether oxygens (including phenoxy) is 2. The Labute approximate surface area is 237 Å². The van der Waals surface area contributed by atoms with Gasteiger partial charge >= 0.3 is 6.03 Å². The number of nitrogens with one attached hydrogen (secondary N) is 2. The number of carbonyl (C=O) groups is 2. The number of aliphatic hydroxyl groups is 1. The highest BCUT2D eigenvalue weighted by molar-refractivity contribution is 5.99. The molecule has 40 heavy (non-hydrogen) atoms. The van der Waals surface area contributed by atoms with E-state index in [2.05, 4.69) is 41.6 Å². The van der Waals surface area contributed by atoms with Crippen LogP contribution >= 0.6 is 0 Å². The van der Waals surface area contributed by atoms with Crippen LogP contribution in [0.5, 0.6) is 11.5 Å². The standard InChI is InChI=1S/C31H44N4O5/c1-21-17-35(22(2)20-36)30(37)27-16-25(33-31(38)32-24-8-6-5-7-9-24)12-15-28(27)40-29(21)19-34(3)18-23-10-13-26(39-4)14-11-23/h10-16,21-22,24,29,36H,5-9,17-20H2,1-4H3,(H2,32,33,38)/t21-,22+,29+/m0/s1. The third kappa shape index (κ3) is 7.67. The zero-order valence-electron chi connectivity index (χ0n) is 24.2. The van der Waals surface area contributed by atoms with Crippen LogP contribution in [0.15, 0.2) is 42.5 Å². The molecule has 1 heterocycles. The summed E-state index contributed by atoms with van der Waals surface area (Å²) in [6, 6.07) is 12.8. The Balaban J connectivity index is 1.52. The summed E-state index contributed by atoms with van der Waals surface area (Å²) in [4.78, 5) is 30.3. The van der Waals surface area contributed by atoms with Gasteiger partial charge in [-0.15, -0.1) is 0 Å². The van der Waals surface area contributed by atoms with Crippen molar-refractivity contribution < 1.29 is 24.2 Å². The summed E-state index contributed by atoms with van der Waals surface area (Å²) in [6.45, 7) is 5.60. The van der Waals surface area contributed by atoms with E-state index in [-0.39, 0.29) is 42.7 Å². The van der Waals surface area contributed by atoms with Crippen molar-refractivity contribution in [3.63, 3.8) is 0 Å². The summed E-state index contributed by atoms with van der Waals surface area (Å²) >= 11 is 0. The lowest BCUT2D eigenvalue weighted by atomic mass is 9.96. The van der Waals surface area contributed by atoms with Gasteiger partial charge in [0.15, 0.2) is 0 Å². The first-order chi connectivity index (χ1) is 19.3. The molecule has 218 valence electrons. The number of aliphatic hydroxyl groups excluding tert-OH is 1. The van der Waals surface area contributed by atoms with Gasteiger partial charge in [-0.1, -0.05) is 38.3 Å². The molecule has 9 nitrogen and oxygen atoms in total. The van der Waals surface area contributed by atoms with E-state index in [4.69, 9.17) is 9.47 Å². The Kier molecular flexibility index (Phi) is 10.3. The number of anilines is 1. The van der Waals surface area contributed by atoms with Crippen molar-refractivity contribution in [2.45, 2.75) is 70.7 Å². The Morgan fingerprint density at radius 1 is 1.18 bits per heavy atom. The van der Waals surface area contributed by atoms with Gasteiger partial charge in [-0.2, -0.15) is 0 Å². The number of carbonyl (C=O) groups excluding carboxylic acids is 2. The van der Waals surface area contributed by atoms with Gasteiger partial charge in [-0.3, -0.25) is 9.69 Å². The van der Waals surface area contributed by atoms with E-state index < -0.39 is 0 Å². The SMILES string of the molecule is COc1ccc(CN(C)C[C@H]2Oc3ccc(NC(=O)NC4CCCCC4)cc3C(=O)N([C@H](C)CO)C[C@@H]2C)cc1. The molecule has 0 radical (unpaired) electrons. The molecule has 0 unspecified atom stereocenters. The van der Waals surface area contributed by atoms with E-state index in [0.29, 0.717) is 30.1 Å². The molecule has 3 N–H and O–H groups in total. The van der Waals surface area contributed by atoms with Gasteiger partial charge in [0.05, 0.1) is 25.3 Å². The van der Waals surface area contributed by atoms with Crippen molar-refractivity contribution in [1.82, 2.24) is 15.1 Å². The minimum absolute atomic E-state index is 0.0171. The van der Waals surface area contributed by atoms with Crippen molar-refractivity contribution in [3.8, 4) is 11.5 Å². The number of likely N-dealkylation sites (N-methyl/N-ethyl adjacent to an activating group) is 1. The first kappa shape index (κ1) is 29.7. The smallest absolute Gasteiger partial charge is 0.319 e. The molecule has 2 aromatic carbocycles. The normalized spacial score (nSPS) is 20.6. The lowest BCUT2D eigenvalue weighted by Crippen LogP contribution is -2.49. The number of fused-ring (bicyclic) bond motifs is 1. The molecule has 0 saturated heterocycles. The van der Waals surface area contributed by atoms with Crippen LogP contribution in [0.25, 0.3) is 0 Å². The summed E-state index contributed by atoms with van der Waals surface area (Å²) in [5.41, 5.74) is 2.07. The van der Waals surface area contributed by atoms with Gasteiger partial charge in [-0.05, 0) is 62.7 Å². The number of hydrogen-bond acceptors (Lipinski definition) is 6. The molecule has 3 amide bonds. The number of rotatable bonds is 9. The molecule has 2 aromatic rings. The largest absolute Gasteiger partial charge is 0.497 e. The van der Waals surface area contributed by atoms with E-state index in [0.717, 1.165) is 43.5 Å². The number of methoxy groups -OCH3 is 1. The fourth-order valence-corrected chi connectivity index (χ4v) is 5.53. The quantitative estimate of drug-likeness (QED) is 0.423. The van der Waals surface area contributed by atoms with Crippen molar-refractivity contribution in [3.05, 3.63) is 53.6 Å². The molecule has 9 heteroatoms. The van der Waals surface area contributed by atoms with Crippen LogP contribution in [0.1, 0.15) is 61.9 Å². The molecule has 1 fully saturated rings. The summed E-state index contributed by atoms with van der Waals surface area (Å²) in [5.74, 6) is 1.10.